The first-order valence-corrected chi connectivity index (χ1v) is 7.58. The molecule has 0 aliphatic rings. The average molecular weight is 354 g/mol. The van der Waals surface area contributed by atoms with Gasteiger partial charge in [-0.15, -0.1) is 0 Å². The Balaban J connectivity index is 2.15. The summed E-state index contributed by atoms with van der Waals surface area (Å²) in [6, 6.07) is 6.59. The van der Waals surface area contributed by atoms with Gasteiger partial charge in [0.2, 0.25) is 5.91 Å². The van der Waals surface area contributed by atoms with Gasteiger partial charge in [-0.25, -0.2) is 0 Å². The largest absolute Gasteiger partial charge is 0.451 e. The molecular formula is C17H17F3N2O3. The maximum Gasteiger partial charge on any atom is 0.416 e. The van der Waals surface area contributed by atoms with E-state index in [2.05, 4.69) is 10.6 Å². The lowest BCUT2D eigenvalue weighted by atomic mass is 10.1. The monoisotopic (exact) mass is 354 g/mol. The van der Waals surface area contributed by atoms with Crippen LogP contribution in [-0.2, 0) is 11.0 Å². The highest BCUT2D eigenvalue weighted by atomic mass is 19.4. The van der Waals surface area contributed by atoms with Gasteiger partial charge in [0, 0.05) is 12.1 Å². The molecule has 25 heavy (non-hydrogen) atoms. The van der Waals surface area contributed by atoms with E-state index in [1.165, 1.54) is 31.2 Å². The number of furan rings is 1. The van der Waals surface area contributed by atoms with Crippen LogP contribution in [0.15, 0.2) is 40.8 Å². The molecule has 2 aromatic rings. The van der Waals surface area contributed by atoms with Crippen LogP contribution in [-0.4, -0.2) is 24.4 Å². The summed E-state index contributed by atoms with van der Waals surface area (Å²) in [5, 5.41) is 5.02. The number of halogens is 3. The number of rotatable bonds is 5. The molecule has 2 N–H and O–H groups in total. The van der Waals surface area contributed by atoms with Crippen molar-refractivity contribution < 1.29 is 27.2 Å². The molecule has 0 fully saturated rings. The fourth-order valence-electron chi connectivity index (χ4n) is 2.12. The number of alkyl halides is 3. The van der Waals surface area contributed by atoms with Gasteiger partial charge in [0.25, 0.3) is 5.91 Å². The first-order chi connectivity index (χ1) is 11.7. The molecule has 1 aromatic heterocycles. The second-order valence-corrected chi connectivity index (χ2v) is 5.33. The Morgan fingerprint density at radius 3 is 2.56 bits per heavy atom. The van der Waals surface area contributed by atoms with Crippen LogP contribution in [0, 0.1) is 0 Å². The Labute approximate surface area is 142 Å². The Morgan fingerprint density at radius 2 is 1.92 bits per heavy atom. The van der Waals surface area contributed by atoms with Crippen molar-refractivity contribution in [2.24, 2.45) is 0 Å². The number of hydrogen-bond acceptors (Lipinski definition) is 3. The van der Waals surface area contributed by atoms with Gasteiger partial charge < -0.3 is 15.1 Å². The van der Waals surface area contributed by atoms with Crippen LogP contribution >= 0.6 is 0 Å². The van der Waals surface area contributed by atoms with Gasteiger partial charge in [0.1, 0.15) is 11.8 Å². The Bertz CT molecular complexity index is 768. The van der Waals surface area contributed by atoms with E-state index in [0.29, 0.717) is 6.54 Å². The average Bonchev–Trinajstić information content (AvgIpc) is 3.04. The van der Waals surface area contributed by atoms with Gasteiger partial charge in [-0.2, -0.15) is 13.2 Å². The first kappa shape index (κ1) is 18.6. The van der Waals surface area contributed by atoms with E-state index in [1.54, 1.807) is 6.92 Å². The van der Waals surface area contributed by atoms with Crippen LogP contribution in [0.5, 0.6) is 0 Å². The number of likely N-dealkylation sites (N-methyl/N-ethyl adjacent to an activating group) is 1. The quantitative estimate of drug-likeness (QED) is 0.866. The Kier molecular flexibility index (Phi) is 5.51. The second-order valence-electron chi connectivity index (χ2n) is 5.33. The van der Waals surface area contributed by atoms with Crippen molar-refractivity contribution in [1.82, 2.24) is 10.6 Å². The summed E-state index contributed by atoms with van der Waals surface area (Å²) in [7, 11) is 0. The molecule has 0 radical (unpaired) electrons. The van der Waals surface area contributed by atoms with Crippen molar-refractivity contribution in [2.75, 3.05) is 6.54 Å². The van der Waals surface area contributed by atoms with E-state index in [4.69, 9.17) is 4.42 Å². The number of nitrogens with one attached hydrogen (secondary N) is 2. The van der Waals surface area contributed by atoms with Gasteiger partial charge in [-0.3, -0.25) is 9.59 Å². The van der Waals surface area contributed by atoms with E-state index in [-0.39, 0.29) is 23.0 Å². The van der Waals surface area contributed by atoms with E-state index in [0.717, 1.165) is 12.1 Å². The van der Waals surface area contributed by atoms with Gasteiger partial charge in [-0.05, 0) is 38.1 Å². The molecule has 2 rings (SSSR count). The molecule has 2 amide bonds. The van der Waals surface area contributed by atoms with Crippen molar-refractivity contribution >= 4 is 11.8 Å². The number of hydrogen-bond donors (Lipinski definition) is 2. The Hall–Kier alpha value is -2.77. The van der Waals surface area contributed by atoms with Crippen molar-refractivity contribution in [1.29, 1.82) is 0 Å². The maximum absolute atomic E-state index is 12.8. The minimum absolute atomic E-state index is 0.0939. The summed E-state index contributed by atoms with van der Waals surface area (Å²) >= 11 is 0. The summed E-state index contributed by atoms with van der Waals surface area (Å²) in [5.74, 6) is -0.942. The minimum atomic E-state index is -4.47. The van der Waals surface area contributed by atoms with Crippen molar-refractivity contribution in [3.63, 3.8) is 0 Å². The second kappa shape index (κ2) is 7.42. The molecule has 0 aliphatic carbocycles. The first-order valence-electron chi connectivity index (χ1n) is 7.58. The minimum Gasteiger partial charge on any atom is -0.451 e. The zero-order valence-corrected chi connectivity index (χ0v) is 13.6. The van der Waals surface area contributed by atoms with Gasteiger partial charge in [-0.1, -0.05) is 12.1 Å². The van der Waals surface area contributed by atoms with Crippen LogP contribution in [0.25, 0.3) is 11.3 Å². The Morgan fingerprint density at radius 1 is 1.20 bits per heavy atom. The molecular weight excluding hydrogens is 337 g/mol. The topological polar surface area (TPSA) is 71.3 Å². The lowest BCUT2D eigenvalue weighted by Crippen LogP contribution is -2.44. The highest BCUT2D eigenvalue weighted by Gasteiger charge is 2.30. The van der Waals surface area contributed by atoms with Gasteiger partial charge in [0.05, 0.1) is 5.56 Å². The van der Waals surface area contributed by atoms with Crippen molar-refractivity contribution in [3.8, 4) is 11.3 Å². The highest BCUT2D eigenvalue weighted by Crippen LogP contribution is 2.32. The fourth-order valence-corrected chi connectivity index (χ4v) is 2.12. The lowest BCUT2D eigenvalue weighted by Gasteiger charge is -2.12. The standard InChI is InChI=1S/C17H17F3N2O3/c1-3-21-15(23)10(2)22-16(24)14-8-7-13(25-14)11-5-4-6-12(9-11)17(18,19)20/h4-10H,3H2,1-2H3,(H,21,23)(H,22,24). The molecule has 0 bridgehead atoms. The summed E-state index contributed by atoms with van der Waals surface area (Å²) in [6.07, 6.45) is -4.47. The fraction of sp³-hybridized carbons (Fsp3) is 0.294. The predicted octanol–water partition coefficient (Wildman–Crippen LogP) is 3.22. The number of carbonyl (C=O) groups excluding carboxylic acids is 2. The van der Waals surface area contributed by atoms with Crippen LogP contribution in [0.2, 0.25) is 0 Å². The third-order valence-electron chi connectivity index (χ3n) is 3.40. The molecule has 0 saturated heterocycles. The molecule has 134 valence electrons. The van der Waals surface area contributed by atoms with Gasteiger partial charge in [0.15, 0.2) is 5.76 Å². The lowest BCUT2D eigenvalue weighted by molar-refractivity contribution is -0.137. The summed E-state index contributed by atoms with van der Waals surface area (Å²) in [5.41, 5.74) is -0.608. The summed E-state index contributed by atoms with van der Waals surface area (Å²) in [4.78, 5) is 23.7. The molecule has 8 heteroatoms. The number of benzene rings is 1. The van der Waals surface area contributed by atoms with Crippen molar-refractivity contribution in [3.05, 3.63) is 47.7 Å². The molecule has 1 unspecified atom stereocenters. The highest BCUT2D eigenvalue weighted by molar-refractivity contribution is 5.95. The van der Waals surface area contributed by atoms with Crippen LogP contribution in [0.3, 0.4) is 0 Å². The zero-order chi connectivity index (χ0) is 18.6. The number of amides is 2. The molecule has 5 nitrogen and oxygen atoms in total. The molecule has 0 aliphatic heterocycles. The van der Waals surface area contributed by atoms with Crippen LogP contribution in [0.1, 0.15) is 30.0 Å². The molecule has 1 heterocycles. The summed E-state index contributed by atoms with van der Waals surface area (Å²) in [6.45, 7) is 3.69. The SMILES string of the molecule is CCNC(=O)C(C)NC(=O)c1ccc(-c2cccc(C(F)(F)F)c2)o1. The number of carbonyl (C=O) groups is 2. The molecule has 0 saturated carbocycles. The van der Waals surface area contributed by atoms with E-state index < -0.39 is 23.7 Å². The maximum atomic E-state index is 12.8. The third kappa shape index (κ3) is 4.62. The van der Waals surface area contributed by atoms with E-state index in [1.807, 2.05) is 0 Å². The zero-order valence-electron chi connectivity index (χ0n) is 13.6. The van der Waals surface area contributed by atoms with Crippen LogP contribution < -0.4 is 10.6 Å². The van der Waals surface area contributed by atoms with Crippen molar-refractivity contribution in [2.45, 2.75) is 26.1 Å². The van der Waals surface area contributed by atoms with Gasteiger partial charge >= 0.3 is 6.18 Å². The predicted molar refractivity (Wildman–Crippen MR) is 84.8 cm³/mol. The molecule has 1 atom stereocenters. The van der Waals surface area contributed by atoms with E-state index >= 15 is 0 Å². The third-order valence-corrected chi connectivity index (χ3v) is 3.40. The summed E-state index contributed by atoms with van der Waals surface area (Å²) < 4.78 is 43.6. The smallest absolute Gasteiger partial charge is 0.416 e. The normalized spacial score (nSPS) is 12.5. The molecule has 0 spiro atoms. The molecule has 1 aromatic carbocycles. The van der Waals surface area contributed by atoms with E-state index in [9.17, 15) is 22.8 Å². The van der Waals surface area contributed by atoms with Crippen LogP contribution in [0.4, 0.5) is 13.2 Å².